The van der Waals surface area contributed by atoms with Gasteiger partial charge in [-0.25, -0.2) is 4.79 Å². The Hall–Kier alpha value is -1.55. The monoisotopic (exact) mass is 196 g/mol. The van der Waals surface area contributed by atoms with E-state index in [0.717, 1.165) is 0 Å². The van der Waals surface area contributed by atoms with E-state index < -0.39 is 18.0 Å². The number of benzene rings is 1. The Morgan fingerprint density at radius 1 is 1.29 bits per heavy atom. The van der Waals surface area contributed by atoms with Crippen LogP contribution >= 0.6 is 0 Å². The number of phenols is 1. The molecule has 1 aromatic rings. The van der Waals surface area contributed by atoms with E-state index in [-0.39, 0.29) is 5.75 Å². The highest BCUT2D eigenvalue weighted by atomic mass is 16.4. The van der Waals surface area contributed by atoms with E-state index in [9.17, 15) is 9.90 Å². The SMILES string of the molecule is C[C@H](c1ccc(O)cc1)[C@H](O)C(=O)O. The van der Waals surface area contributed by atoms with E-state index in [1.165, 1.54) is 12.1 Å². The van der Waals surface area contributed by atoms with E-state index in [4.69, 9.17) is 10.2 Å². The minimum Gasteiger partial charge on any atom is -0.508 e. The summed E-state index contributed by atoms with van der Waals surface area (Å²) in [4.78, 5) is 10.5. The topological polar surface area (TPSA) is 77.8 Å². The smallest absolute Gasteiger partial charge is 0.333 e. The minimum absolute atomic E-state index is 0.116. The van der Waals surface area contributed by atoms with Crippen LogP contribution < -0.4 is 0 Å². The number of carbonyl (C=O) groups is 1. The van der Waals surface area contributed by atoms with Crippen LogP contribution in [0, 0.1) is 0 Å². The van der Waals surface area contributed by atoms with Gasteiger partial charge in [0, 0.05) is 5.92 Å². The van der Waals surface area contributed by atoms with E-state index in [0.29, 0.717) is 5.56 Å². The molecule has 0 saturated carbocycles. The Balaban J connectivity index is 2.84. The highest BCUT2D eigenvalue weighted by Crippen LogP contribution is 2.21. The van der Waals surface area contributed by atoms with Gasteiger partial charge in [-0.3, -0.25) is 0 Å². The third kappa shape index (κ3) is 2.23. The summed E-state index contributed by atoms with van der Waals surface area (Å²) in [7, 11) is 0. The first-order valence-electron chi connectivity index (χ1n) is 4.22. The molecule has 0 spiro atoms. The number of aliphatic hydroxyl groups is 1. The molecule has 0 heterocycles. The van der Waals surface area contributed by atoms with Gasteiger partial charge in [0.15, 0.2) is 6.10 Å². The zero-order chi connectivity index (χ0) is 10.7. The maximum absolute atomic E-state index is 10.5. The summed E-state index contributed by atoms with van der Waals surface area (Å²) in [5, 5.41) is 26.8. The molecule has 0 aliphatic heterocycles. The van der Waals surface area contributed by atoms with E-state index in [1.807, 2.05) is 0 Å². The Labute approximate surface area is 81.4 Å². The fraction of sp³-hybridized carbons (Fsp3) is 0.300. The molecule has 76 valence electrons. The number of hydrogen-bond donors (Lipinski definition) is 3. The van der Waals surface area contributed by atoms with Crippen molar-refractivity contribution < 1.29 is 20.1 Å². The molecule has 2 atom stereocenters. The summed E-state index contributed by atoms with van der Waals surface area (Å²) in [6.45, 7) is 1.62. The van der Waals surface area contributed by atoms with Crippen molar-refractivity contribution in [3.05, 3.63) is 29.8 Å². The highest BCUT2D eigenvalue weighted by Gasteiger charge is 2.22. The molecular formula is C10H12O4. The van der Waals surface area contributed by atoms with Crippen LogP contribution in [-0.2, 0) is 4.79 Å². The van der Waals surface area contributed by atoms with Gasteiger partial charge in [0.25, 0.3) is 0 Å². The van der Waals surface area contributed by atoms with Gasteiger partial charge in [-0.1, -0.05) is 19.1 Å². The largest absolute Gasteiger partial charge is 0.508 e. The van der Waals surface area contributed by atoms with Crippen LogP contribution in [0.4, 0.5) is 0 Å². The van der Waals surface area contributed by atoms with Gasteiger partial charge in [-0.2, -0.15) is 0 Å². The van der Waals surface area contributed by atoms with Crippen LogP contribution in [0.15, 0.2) is 24.3 Å². The number of carboxylic acids is 1. The molecule has 0 fully saturated rings. The van der Waals surface area contributed by atoms with Crippen LogP contribution in [0.1, 0.15) is 18.4 Å². The van der Waals surface area contributed by atoms with Crippen molar-refractivity contribution in [2.75, 3.05) is 0 Å². The predicted molar refractivity (Wildman–Crippen MR) is 50.2 cm³/mol. The summed E-state index contributed by atoms with van der Waals surface area (Å²) >= 11 is 0. The maximum Gasteiger partial charge on any atom is 0.333 e. The zero-order valence-corrected chi connectivity index (χ0v) is 7.71. The fourth-order valence-corrected chi connectivity index (χ4v) is 1.17. The number of aromatic hydroxyl groups is 1. The van der Waals surface area contributed by atoms with Gasteiger partial charge < -0.3 is 15.3 Å². The van der Waals surface area contributed by atoms with Gasteiger partial charge in [0.1, 0.15) is 5.75 Å². The summed E-state index contributed by atoms with van der Waals surface area (Å²) in [5.41, 5.74) is 0.678. The molecule has 0 aliphatic carbocycles. The Morgan fingerprint density at radius 3 is 2.21 bits per heavy atom. The highest BCUT2D eigenvalue weighted by molar-refractivity contribution is 5.73. The standard InChI is InChI=1S/C10H12O4/c1-6(9(12)10(13)14)7-2-4-8(11)5-3-7/h2-6,9,11-12H,1H3,(H,13,14)/t6-,9+/m1/s1. The lowest BCUT2D eigenvalue weighted by Crippen LogP contribution is -2.25. The Bertz CT molecular complexity index is 317. The molecule has 0 amide bonds. The van der Waals surface area contributed by atoms with E-state index >= 15 is 0 Å². The quantitative estimate of drug-likeness (QED) is 0.672. The molecule has 14 heavy (non-hydrogen) atoms. The van der Waals surface area contributed by atoms with Crippen LogP contribution in [-0.4, -0.2) is 27.4 Å². The first kappa shape index (κ1) is 10.5. The maximum atomic E-state index is 10.5. The van der Waals surface area contributed by atoms with Gasteiger partial charge in [-0.05, 0) is 17.7 Å². The lowest BCUT2D eigenvalue weighted by atomic mass is 9.95. The van der Waals surface area contributed by atoms with Crippen LogP contribution in [0.3, 0.4) is 0 Å². The fourth-order valence-electron chi connectivity index (χ4n) is 1.17. The minimum atomic E-state index is -1.42. The van der Waals surface area contributed by atoms with Gasteiger partial charge in [0.2, 0.25) is 0 Å². The van der Waals surface area contributed by atoms with E-state index in [2.05, 4.69) is 0 Å². The van der Waals surface area contributed by atoms with Crippen molar-refractivity contribution in [1.82, 2.24) is 0 Å². The van der Waals surface area contributed by atoms with Crippen molar-refractivity contribution in [1.29, 1.82) is 0 Å². The second-order valence-corrected chi connectivity index (χ2v) is 3.16. The molecule has 0 unspecified atom stereocenters. The van der Waals surface area contributed by atoms with Crippen molar-refractivity contribution in [3.8, 4) is 5.75 Å². The van der Waals surface area contributed by atoms with Gasteiger partial charge >= 0.3 is 5.97 Å². The van der Waals surface area contributed by atoms with Crippen molar-refractivity contribution >= 4 is 5.97 Å². The normalized spacial score (nSPS) is 14.7. The number of aliphatic hydroxyl groups excluding tert-OH is 1. The second-order valence-electron chi connectivity index (χ2n) is 3.16. The van der Waals surface area contributed by atoms with Gasteiger partial charge in [0.05, 0.1) is 0 Å². The number of rotatable bonds is 3. The molecule has 4 nitrogen and oxygen atoms in total. The first-order chi connectivity index (χ1) is 6.52. The van der Waals surface area contributed by atoms with Crippen molar-refractivity contribution in [3.63, 3.8) is 0 Å². The molecule has 1 rings (SSSR count). The summed E-state index contributed by atoms with van der Waals surface area (Å²) < 4.78 is 0. The second kappa shape index (κ2) is 4.11. The van der Waals surface area contributed by atoms with Crippen LogP contribution in [0.5, 0.6) is 5.75 Å². The molecule has 0 aromatic heterocycles. The zero-order valence-electron chi connectivity index (χ0n) is 7.71. The average Bonchev–Trinajstić information content (AvgIpc) is 2.16. The molecular weight excluding hydrogens is 184 g/mol. The molecule has 3 N–H and O–H groups in total. The third-order valence-corrected chi connectivity index (χ3v) is 2.15. The average molecular weight is 196 g/mol. The van der Waals surface area contributed by atoms with Crippen LogP contribution in [0.2, 0.25) is 0 Å². The lowest BCUT2D eigenvalue weighted by molar-refractivity contribution is -0.147. The summed E-state index contributed by atoms with van der Waals surface area (Å²) in [5.74, 6) is -1.62. The molecule has 0 radical (unpaired) electrons. The van der Waals surface area contributed by atoms with Gasteiger partial charge in [-0.15, -0.1) is 0 Å². The molecule has 0 aliphatic rings. The number of hydrogen-bond acceptors (Lipinski definition) is 3. The predicted octanol–water partition coefficient (Wildman–Crippen LogP) is 0.941. The number of phenolic OH excluding ortho intramolecular Hbond substituents is 1. The molecule has 0 saturated heterocycles. The molecule has 0 bridgehead atoms. The van der Waals surface area contributed by atoms with E-state index in [1.54, 1.807) is 19.1 Å². The van der Waals surface area contributed by atoms with Crippen molar-refractivity contribution in [2.24, 2.45) is 0 Å². The summed E-state index contributed by atoms with van der Waals surface area (Å²) in [6.07, 6.45) is -1.42. The summed E-state index contributed by atoms with van der Waals surface area (Å²) in [6, 6.07) is 6.10. The first-order valence-corrected chi connectivity index (χ1v) is 4.22. The van der Waals surface area contributed by atoms with Crippen molar-refractivity contribution in [2.45, 2.75) is 18.9 Å². The molecule has 4 heteroatoms. The Kier molecular flexibility index (Phi) is 3.09. The Morgan fingerprint density at radius 2 is 1.79 bits per heavy atom. The number of carboxylic acid groups (broad SMARTS) is 1. The third-order valence-electron chi connectivity index (χ3n) is 2.15. The molecule has 1 aromatic carbocycles. The lowest BCUT2D eigenvalue weighted by Gasteiger charge is -2.14. The van der Waals surface area contributed by atoms with Crippen LogP contribution in [0.25, 0.3) is 0 Å². The number of aliphatic carboxylic acids is 1.